The van der Waals surface area contributed by atoms with Crippen LogP contribution in [0.3, 0.4) is 0 Å². The van der Waals surface area contributed by atoms with Gasteiger partial charge in [0.05, 0.1) is 6.61 Å². The lowest BCUT2D eigenvalue weighted by atomic mass is 10.0. The van der Waals surface area contributed by atoms with Crippen molar-refractivity contribution in [3.8, 4) is 17.2 Å². The van der Waals surface area contributed by atoms with E-state index in [1.807, 2.05) is 12.1 Å². The molecule has 0 fully saturated rings. The van der Waals surface area contributed by atoms with Crippen LogP contribution in [0.1, 0.15) is 45.1 Å². The van der Waals surface area contributed by atoms with E-state index in [9.17, 15) is 0 Å². The highest BCUT2D eigenvalue weighted by atomic mass is 16.7. The summed E-state index contributed by atoms with van der Waals surface area (Å²) in [7, 11) is 0. The molecule has 0 amide bonds. The minimum atomic E-state index is 0.275. The predicted octanol–water partition coefficient (Wildman–Crippen LogP) is 3.47. The maximum atomic E-state index is 5.99. The Balaban J connectivity index is 2.01. The lowest BCUT2D eigenvalue weighted by Gasteiger charge is -2.17. The smallest absolute Gasteiger partial charge is 0.231 e. The topological polar surface area (TPSA) is 53.7 Å². The maximum Gasteiger partial charge on any atom is 0.231 e. The zero-order valence-corrected chi connectivity index (χ0v) is 12.5. The van der Waals surface area contributed by atoms with Crippen LogP contribution in [0.2, 0.25) is 0 Å². The molecule has 1 heterocycles. The molecule has 1 aliphatic heterocycles. The van der Waals surface area contributed by atoms with Gasteiger partial charge in [0.15, 0.2) is 11.5 Å². The first-order valence-corrected chi connectivity index (χ1v) is 7.53. The number of ether oxygens (including phenoxy) is 3. The molecule has 2 N–H and O–H groups in total. The molecular weight excluding hydrogens is 254 g/mol. The fourth-order valence-electron chi connectivity index (χ4n) is 2.37. The highest BCUT2D eigenvalue weighted by Gasteiger charge is 2.18. The van der Waals surface area contributed by atoms with E-state index in [1.54, 1.807) is 0 Å². The van der Waals surface area contributed by atoms with Gasteiger partial charge in [-0.15, -0.1) is 0 Å². The molecule has 20 heavy (non-hydrogen) atoms. The molecule has 4 nitrogen and oxygen atoms in total. The van der Waals surface area contributed by atoms with Crippen LogP contribution >= 0.6 is 0 Å². The van der Waals surface area contributed by atoms with Crippen LogP contribution in [0, 0.1) is 5.92 Å². The van der Waals surface area contributed by atoms with E-state index in [0.717, 1.165) is 35.8 Å². The molecule has 112 valence electrons. The van der Waals surface area contributed by atoms with Crippen LogP contribution in [-0.2, 0) is 6.54 Å². The summed E-state index contributed by atoms with van der Waals surface area (Å²) in [5.74, 6) is 2.94. The highest BCUT2D eigenvalue weighted by molar-refractivity contribution is 5.51. The minimum absolute atomic E-state index is 0.275. The van der Waals surface area contributed by atoms with Crippen LogP contribution < -0.4 is 19.9 Å². The normalized spacial score (nSPS) is 14.3. The lowest BCUT2D eigenvalue weighted by Crippen LogP contribution is -2.13. The number of benzene rings is 1. The van der Waals surface area contributed by atoms with E-state index < -0.39 is 0 Å². The van der Waals surface area contributed by atoms with Crippen molar-refractivity contribution < 1.29 is 14.2 Å². The van der Waals surface area contributed by atoms with Crippen molar-refractivity contribution in [3.05, 3.63) is 17.7 Å². The van der Waals surface area contributed by atoms with E-state index in [-0.39, 0.29) is 6.79 Å². The van der Waals surface area contributed by atoms with Crippen molar-refractivity contribution >= 4 is 0 Å². The van der Waals surface area contributed by atoms with Crippen LogP contribution in [-0.4, -0.2) is 13.4 Å². The van der Waals surface area contributed by atoms with Gasteiger partial charge >= 0.3 is 0 Å². The number of hydrogen-bond donors (Lipinski definition) is 1. The van der Waals surface area contributed by atoms with Gasteiger partial charge in [-0.2, -0.15) is 0 Å². The van der Waals surface area contributed by atoms with Crippen molar-refractivity contribution in [2.75, 3.05) is 13.4 Å². The van der Waals surface area contributed by atoms with Gasteiger partial charge < -0.3 is 19.9 Å². The van der Waals surface area contributed by atoms with Crippen molar-refractivity contribution in [1.29, 1.82) is 0 Å². The summed E-state index contributed by atoms with van der Waals surface area (Å²) in [6.45, 7) is 5.89. The third-order valence-electron chi connectivity index (χ3n) is 3.79. The SMILES string of the molecule is CCCCC(CC)COc1cc2c(cc1CN)OCO2. The van der Waals surface area contributed by atoms with Gasteiger partial charge in [-0.1, -0.05) is 33.1 Å². The molecule has 1 unspecified atom stereocenters. The number of unbranched alkanes of at least 4 members (excludes halogenated alkanes) is 1. The van der Waals surface area contributed by atoms with Gasteiger partial charge in [-0.25, -0.2) is 0 Å². The summed E-state index contributed by atoms with van der Waals surface area (Å²) in [4.78, 5) is 0. The third kappa shape index (κ3) is 3.57. The molecule has 0 aliphatic carbocycles. The Bertz CT molecular complexity index is 434. The molecule has 0 bridgehead atoms. The van der Waals surface area contributed by atoms with Gasteiger partial charge in [0.1, 0.15) is 5.75 Å². The molecular formula is C16H25NO3. The van der Waals surface area contributed by atoms with Crippen molar-refractivity contribution in [2.45, 2.75) is 46.1 Å². The molecule has 0 aromatic heterocycles. The Labute approximate surface area is 121 Å². The summed E-state index contributed by atoms with van der Waals surface area (Å²) >= 11 is 0. The van der Waals surface area contributed by atoms with Crippen molar-refractivity contribution in [3.63, 3.8) is 0 Å². The maximum absolute atomic E-state index is 5.99. The number of fused-ring (bicyclic) bond motifs is 1. The molecule has 0 spiro atoms. The Hall–Kier alpha value is -1.42. The Morgan fingerprint density at radius 1 is 1.25 bits per heavy atom. The summed E-state index contributed by atoms with van der Waals surface area (Å²) in [5.41, 5.74) is 6.76. The van der Waals surface area contributed by atoms with Gasteiger partial charge in [-0.3, -0.25) is 0 Å². The zero-order valence-electron chi connectivity index (χ0n) is 12.5. The van der Waals surface area contributed by atoms with Gasteiger partial charge in [-0.05, 0) is 18.4 Å². The molecule has 1 atom stereocenters. The second-order valence-electron chi connectivity index (χ2n) is 5.24. The fourth-order valence-corrected chi connectivity index (χ4v) is 2.37. The van der Waals surface area contributed by atoms with Crippen LogP contribution in [0.25, 0.3) is 0 Å². The fraction of sp³-hybridized carbons (Fsp3) is 0.625. The first-order valence-electron chi connectivity index (χ1n) is 7.53. The van der Waals surface area contributed by atoms with E-state index in [4.69, 9.17) is 19.9 Å². The summed E-state index contributed by atoms with van der Waals surface area (Å²) in [6, 6.07) is 3.82. The molecule has 0 saturated carbocycles. The Morgan fingerprint density at radius 2 is 2.00 bits per heavy atom. The zero-order chi connectivity index (χ0) is 14.4. The van der Waals surface area contributed by atoms with Gasteiger partial charge in [0, 0.05) is 18.2 Å². The third-order valence-corrected chi connectivity index (χ3v) is 3.79. The largest absolute Gasteiger partial charge is 0.493 e. The van der Waals surface area contributed by atoms with Gasteiger partial charge in [0.2, 0.25) is 6.79 Å². The quantitative estimate of drug-likeness (QED) is 0.791. The number of nitrogens with two attached hydrogens (primary N) is 1. The number of rotatable bonds is 8. The molecule has 1 aliphatic rings. The summed E-state index contributed by atoms with van der Waals surface area (Å²) in [5, 5.41) is 0. The van der Waals surface area contributed by atoms with E-state index in [2.05, 4.69) is 13.8 Å². The average molecular weight is 279 g/mol. The Kier molecular flexibility index (Phi) is 5.53. The molecule has 0 radical (unpaired) electrons. The number of hydrogen-bond acceptors (Lipinski definition) is 4. The van der Waals surface area contributed by atoms with Crippen LogP contribution in [0.5, 0.6) is 17.2 Å². The van der Waals surface area contributed by atoms with Crippen molar-refractivity contribution in [2.24, 2.45) is 11.7 Å². The molecule has 1 aromatic carbocycles. The van der Waals surface area contributed by atoms with E-state index >= 15 is 0 Å². The molecule has 0 saturated heterocycles. The standard InChI is InChI=1S/C16H25NO3/c1-3-5-6-12(4-2)10-18-14-8-16-15(19-11-20-16)7-13(14)9-17/h7-8,12H,3-6,9-11,17H2,1-2H3. The Morgan fingerprint density at radius 3 is 2.65 bits per heavy atom. The van der Waals surface area contributed by atoms with Crippen LogP contribution in [0.15, 0.2) is 12.1 Å². The molecule has 1 aromatic rings. The molecule has 4 heteroatoms. The summed E-state index contributed by atoms with van der Waals surface area (Å²) in [6.07, 6.45) is 4.85. The summed E-state index contributed by atoms with van der Waals surface area (Å²) < 4.78 is 16.7. The highest BCUT2D eigenvalue weighted by Crippen LogP contribution is 2.38. The van der Waals surface area contributed by atoms with Gasteiger partial charge in [0.25, 0.3) is 0 Å². The van der Waals surface area contributed by atoms with Crippen molar-refractivity contribution in [1.82, 2.24) is 0 Å². The monoisotopic (exact) mass is 279 g/mol. The predicted molar refractivity (Wildman–Crippen MR) is 79.3 cm³/mol. The van der Waals surface area contributed by atoms with Crippen LogP contribution in [0.4, 0.5) is 0 Å². The first-order chi connectivity index (χ1) is 9.78. The lowest BCUT2D eigenvalue weighted by molar-refractivity contribution is 0.173. The second-order valence-corrected chi connectivity index (χ2v) is 5.24. The minimum Gasteiger partial charge on any atom is -0.493 e. The van der Waals surface area contributed by atoms with E-state index in [0.29, 0.717) is 12.5 Å². The van der Waals surface area contributed by atoms with E-state index in [1.165, 1.54) is 19.3 Å². The second kappa shape index (κ2) is 7.39. The average Bonchev–Trinajstić information content (AvgIpc) is 2.93. The first kappa shape index (κ1) is 15.0. The molecule has 2 rings (SSSR count).